The molecule has 0 bridgehead atoms. The van der Waals surface area contributed by atoms with Crippen LogP contribution in [-0.2, 0) is 6.54 Å². The standard InChI is InChI=1S/C16H16ClF2NO/c1-9-4-12(5-10(2)15(9)17)21-16-13(18)6-11(8-20-3)7-14(16)19/h4-7,20H,8H2,1-3H3. The molecule has 0 aliphatic heterocycles. The molecule has 0 radical (unpaired) electrons. The SMILES string of the molecule is CNCc1cc(F)c(Oc2cc(C)c(Cl)c(C)c2)c(F)c1. The second-order valence-corrected chi connectivity index (χ2v) is 5.27. The Labute approximate surface area is 127 Å². The Balaban J connectivity index is 2.36. The average molecular weight is 312 g/mol. The molecule has 2 rings (SSSR count). The van der Waals surface area contributed by atoms with Crippen LogP contribution in [0.3, 0.4) is 0 Å². The molecule has 1 N–H and O–H groups in total. The van der Waals surface area contributed by atoms with E-state index >= 15 is 0 Å². The van der Waals surface area contributed by atoms with Crippen LogP contribution in [0.5, 0.6) is 11.5 Å². The summed E-state index contributed by atoms with van der Waals surface area (Å²) in [6.07, 6.45) is 0. The van der Waals surface area contributed by atoms with Crippen molar-refractivity contribution in [2.45, 2.75) is 20.4 Å². The molecule has 0 spiro atoms. The van der Waals surface area contributed by atoms with E-state index < -0.39 is 17.4 Å². The van der Waals surface area contributed by atoms with Gasteiger partial charge in [-0.1, -0.05) is 11.6 Å². The minimum Gasteiger partial charge on any atom is -0.451 e. The van der Waals surface area contributed by atoms with Crippen molar-refractivity contribution in [3.05, 3.63) is 57.6 Å². The van der Waals surface area contributed by atoms with Crippen molar-refractivity contribution < 1.29 is 13.5 Å². The lowest BCUT2D eigenvalue weighted by atomic mass is 10.1. The highest BCUT2D eigenvalue weighted by molar-refractivity contribution is 6.32. The Hall–Kier alpha value is -1.65. The van der Waals surface area contributed by atoms with Crippen LogP contribution < -0.4 is 10.1 Å². The van der Waals surface area contributed by atoms with Gasteiger partial charge in [-0.05, 0) is 61.9 Å². The maximum absolute atomic E-state index is 14.0. The first-order chi connectivity index (χ1) is 9.92. The van der Waals surface area contributed by atoms with Crippen molar-refractivity contribution in [1.29, 1.82) is 0 Å². The molecule has 0 atom stereocenters. The Bertz CT molecular complexity index is 627. The van der Waals surface area contributed by atoms with Gasteiger partial charge in [0.25, 0.3) is 0 Å². The van der Waals surface area contributed by atoms with Gasteiger partial charge in [-0.15, -0.1) is 0 Å². The number of rotatable bonds is 4. The Morgan fingerprint density at radius 3 is 2.05 bits per heavy atom. The fraction of sp³-hybridized carbons (Fsp3) is 0.250. The fourth-order valence-corrected chi connectivity index (χ4v) is 2.21. The molecule has 2 aromatic rings. The van der Waals surface area contributed by atoms with E-state index in [1.807, 2.05) is 13.8 Å². The maximum atomic E-state index is 14.0. The number of hydrogen-bond donors (Lipinski definition) is 1. The molecule has 0 saturated carbocycles. The van der Waals surface area contributed by atoms with Gasteiger partial charge in [-0.25, -0.2) is 8.78 Å². The third-order valence-corrected chi connectivity index (χ3v) is 3.67. The molecule has 0 heterocycles. The molecule has 0 fully saturated rings. The van der Waals surface area contributed by atoms with E-state index in [4.69, 9.17) is 16.3 Å². The molecule has 2 aromatic carbocycles. The molecular weight excluding hydrogens is 296 g/mol. The topological polar surface area (TPSA) is 21.3 Å². The Kier molecular flexibility index (Phi) is 4.80. The molecule has 2 nitrogen and oxygen atoms in total. The van der Waals surface area contributed by atoms with Gasteiger partial charge in [0, 0.05) is 11.6 Å². The first-order valence-electron chi connectivity index (χ1n) is 6.49. The second kappa shape index (κ2) is 6.41. The van der Waals surface area contributed by atoms with Crippen LogP contribution in [0, 0.1) is 25.5 Å². The summed E-state index contributed by atoms with van der Waals surface area (Å²) < 4.78 is 33.3. The van der Waals surface area contributed by atoms with Crippen LogP contribution in [0.4, 0.5) is 8.78 Å². The maximum Gasteiger partial charge on any atom is 0.198 e. The average Bonchev–Trinajstić information content (AvgIpc) is 2.40. The highest BCUT2D eigenvalue weighted by atomic mass is 35.5. The minimum absolute atomic E-state index is 0.355. The number of benzene rings is 2. The monoisotopic (exact) mass is 311 g/mol. The summed E-state index contributed by atoms with van der Waals surface area (Å²) in [5, 5.41) is 3.46. The van der Waals surface area contributed by atoms with E-state index in [9.17, 15) is 8.78 Å². The number of aryl methyl sites for hydroxylation is 2. The third kappa shape index (κ3) is 3.52. The van der Waals surface area contributed by atoms with Crippen LogP contribution >= 0.6 is 11.6 Å². The van der Waals surface area contributed by atoms with Crippen LogP contribution in [0.15, 0.2) is 24.3 Å². The fourth-order valence-electron chi connectivity index (χ4n) is 2.10. The zero-order valence-corrected chi connectivity index (χ0v) is 12.8. The van der Waals surface area contributed by atoms with E-state index in [1.54, 1.807) is 19.2 Å². The predicted molar refractivity (Wildman–Crippen MR) is 80.1 cm³/mol. The number of halogens is 3. The quantitative estimate of drug-likeness (QED) is 0.880. The highest BCUT2D eigenvalue weighted by Crippen LogP contribution is 2.32. The highest BCUT2D eigenvalue weighted by Gasteiger charge is 2.14. The molecule has 0 aliphatic carbocycles. The van der Waals surface area contributed by atoms with Gasteiger partial charge in [0.15, 0.2) is 17.4 Å². The van der Waals surface area contributed by atoms with Crippen molar-refractivity contribution in [2.75, 3.05) is 7.05 Å². The van der Waals surface area contributed by atoms with Gasteiger partial charge in [-0.3, -0.25) is 0 Å². The van der Waals surface area contributed by atoms with Crippen LogP contribution in [0.25, 0.3) is 0 Å². The summed E-state index contributed by atoms with van der Waals surface area (Å²) in [5.41, 5.74) is 2.10. The summed E-state index contributed by atoms with van der Waals surface area (Å²) in [4.78, 5) is 0. The molecule has 0 amide bonds. The van der Waals surface area contributed by atoms with Gasteiger partial charge >= 0.3 is 0 Å². The normalized spacial score (nSPS) is 10.8. The van der Waals surface area contributed by atoms with Crippen molar-refractivity contribution in [1.82, 2.24) is 5.32 Å². The molecule has 0 saturated heterocycles. The predicted octanol–water partition coefficient (Wildman–Crippen LogP) is 4.75. The summed E-state index contributed by atoms with van der Waals surface area (Å²) in [6.45, 7) is 4.00. The Morgan fingerprint density at radius 1 is 1.05 bits per heavy atom. The first-order valence-corrected chi connectivity index (χ1v) is 6.87. The summed E-state index contributed by atoms with van der Waals surface area (Å²) in [7, 11) is 1.71. The summed E-state index contributed by atoms with van der Waals surface area (Å²) in [6, 6.07) is 5.81. The van der Waals surface area contributed by atoms with Gasteiger partial charge in [0.05, 0.1) is 0 Å². The molecule has 0 aliphatic rings. The minimum atomic E-state index is -0.731. The van der Waals surface area contributed by atoms with Crippen molar-refractivity contribution >= 4 is 11.6 Å². The second-order valence-electron chi connectivity index (χ2n) is 4.89. The van der Waals surface area contributed by atoms with Gasteiger partial charge in [-0.2, -0.15) is 0 Å². The van der Waals surface area contributed by atoms with E-state index in [1.165, 1.54) is 12.1 Å². The first kappa shape index (κ1) is 15.7. The number of nitrogens with one attached hydrogen (secondary N) is 1. The molecule has 112 valence electrons. The zero-order valence-electron chi connectivity index (χ0n) is 12.1. The van der Waals surface area contributed by atoms with Gasteiger partial charge in [0.1, 0.15) is 5.75 Å². The molecule has 0 aromatic heterocycles. The van der Waals surface area contributed by atoms with Gasteiger partial charge < -0.3 is 10.1 Å². The van der Waals surface area contributed by atoms with E-state index in [0.29, 0.717) is 22.9 Å². The van der Waals surface area contributed by atoms with E-state index in [-0.39, 0.29) is 0 Å². The van der Waals surface area contributed by atoms with Crippen LogP contribution in [0.1, 0.15) is 16.7 Å². The van der Waals surface area contributed by atoms with Crippen molar-refractivity contribution in [3.63, 3.8) is 0 Å². The zero-order chi connectivity index (χ0) is 15.6. The van der Waals surface area contributed by atoms with Crippen molar-refractivity contribution in [2.24, 2.45) is 0 Å². The smallest absolute Gasteiger partial charge is 0.198 e. The number of hydrogen-bond acceptors (Lipinski definition) is 2. The van der Waals surface area contributed by atoms with Crippen molar-refractivity contribution in [3.8, 4) is 11.5 Å². The van der Waals surface area contributed by atoms with Crippen LogP contribution in [-0.4, -0.2) is 7.05 Å². The van der Waals surface area contributed by atoms with E-state index in [2.05, 4.69) is 5.32 Å². The molecule has 0 unspecified atom stereocenters. The van der Waals surface area contributed by atoms with E-state index in [0.717, 1.165) is 11.1 Å². The number of ether oxygens (including phenoxy) is 1. The Morgan fingerprint density at radius 2 is 1.57 bits per heavy atom. The molecular formula is C16H16ClF2NO. The lowest BCUT2D eigenvalue weighted by Crippen LogP contribution is -2.06. The lowest BCUT2D eigenvalue weighted by molar-refractivity contribution is 0.406. The molecule has 21 heavy (non-hydrogen) atoms. The third-order valence-electron chi connectivity index (χ3n) is 3.07. The largest absolute Gasteiger partial charge is 0.451 e. The molecule has 5 heteroatoms. The van der Waals surface area contributed by atoms with Gasteiger partial charge in [0.2, 0.25) is 0 Å². The lowest BCUT2D eigenvalue weighted by Gasteiger charge is -2.12. The summed E-state index contributed by atoms with van der Waals surface area (Å²) >= 11 is 6.06. The van der Waals surface area contributed by atoms with Crippen LogP contribution in [0.2, 0.25) is 5.02 Å². The summed E-state index contributed by atoms with van der Waals surface area (Å²) in [5.74, 6) is -1.51.